The zero-order chi connectivity index (χ0) is 20.5. The second-order valence-electron chi connectivity index (χ2n) is 7.11. The number of hydrogen-bond donors (Lipinski definition) is 0. The fourth-order valence-electron chi connectivity index (χ4n) is 3.51. The molecule has 0 N–H and O–H groups in total. The third kappa shape index (κ3) is 4.75. The Labute approximate surface area is 198 Å². The highest BCUT2D eigenvalue weighted by atomic mass is 79.9. The van der Waals surface area contributed by atoms with E-state index in [4.69, 9.17) is 9.40 Å². The van der Waals surface area contributed by atoms with E-state index in [1.54, 1.807) is 6.07 Å². The Hall–Kier alpha value is -2.83. The predicted molar refractivity (Wildman–Crippen MR) is 118 cm³/mol. The molecule has 0 aliphatic rings. The lowest BCUT2D eigenvalue weighted by atomic mass is 10.1. The quantitative estimate of drug-likeness (QED) is 0.328. The minimum atomic E-state index is -0.239. The summed E-state index contributed by atoms with van der Waals surface area (Å²) in [5.41, 5.74) is 5.51. The number of fused-ring (bicyclic) bond motifs is 1. The molecule has 31 heavy (non-hydrogen) atoms. The molecule has 0 aliphatic carbocycles. The average Bonchev–Trinajstić information content (AvgIpc) is 3.17. The highest BCUT2D eigenvalue weighted by Gasteiger charge is 2.15. The Morgan fingerprint density at radius 1 is 0.839 bits per heavy atom. The Balaban J connectivity index is 0.00000231. The van der Waals surface area contributed by atoms with Crippen molar-refractivity contribution in [1.82, 2.24) is 4.98 Å². The van der Waals surface area contributed by atoms with Gasteiger partial charge in [-0.2, -0.15) is 4.57 Å². The van der Waals surface area contributed by atoms with Gasteiger partial charge >= 0.3 is 0 Å². The lowest BCUT2D eigenvalue weighted by Gasteiger charge is -2.01. The largest absolute Gasteiger partial charge is 1.00 e. The Morgan fingerprint density at radius 3 is 2.48 bits per heavy atom. The molecule has 0 unspecified atom stereocenters. The maximum absolute atomic E-state index is 13.5. The fourth-order valence-corrected chi connectivity index (χ4v) is 4.02. The topological polar surface area (TPSA) is 29.9 Å². The van der Waals surface area contributed by atoms with Crippen molar-refractivity contribution in [2.75, 3.05) is 0 Å². The molecule has 0 bridgehead atoms. The highest BCUT2D eigenvalue weighted by Crippen LogP contribution is 2.29. The van der Waals surface area contributed by atoms with Crippen LogP contribution in [0.15, 0.2) is 100 Å². The summed E-state index contributed by atoms with van der Waals surface area (Å²) < 4.78 is 22.4. The van der Waals surface area contributed by atoms with Gasteiger partial charge in [-0.05, 0) is 57.4 Å². The van der Waals surface area contributed by atoms with Gasteiger partial charge in [0.25, 0.3) is 0 Å². The molecule has 6 heteroatoms. The minimum absolute atomic E-state index is 0. The van der Waals surface area contributed by atoms with Crippen LogP contribution in [0.2, 0.25) is 0 Å². The van der Waals surface area contributed by atoms with Crippen LogP contribution >= 0.6 is 15.9 Å². The first-order valence-electron chi connectivity index (χ1n) is 9.54. The molecular weight excluding hydrogens is 523 g/mol. The van der Waals surface area contributed by atoms with Gasteiger partial charge in [0.2, 0.25) is 5.89 Å². The third-order valence-electron chi connectivity index (χ3n) is 4.88. The average molecular weight is 540 g/mol. The first-order chi connectivity index (χ1) is 14.6. The van der Waals surface area contributed by atoms with E-state index >= 15 is 0 Å². The summed E-state index contributed by atoms with van der Waals surface area (Å²) in [7, 11) is 0. The first kappa shape index (κ1) is 21.4. The van der Waals surface area contributed by atoms with Gasteiger partial charge in [-0.25, -0.2) is 9.37 Å². The summed E-state index contributed by atoms with van der Waals surface area (Å²) in [4.78, 5) is 4.71. The van der Waals surface area contributed by atoms with Crippen LogP contribution in [-0.4, -0.2) is 4.98 Å². The van der Waals surface area contributed by atoms with E-state index in [1.807, 2.05) is 65.5 Å². The van der Waals surface area contributed by atoms with Crippen LogP contribution in [0, 0.1) is 5.82 Å². The van der Waals surface area contributed by atoms with Crippen LogP contribution in [0.1, 0.15) is 5.56 Å². The predicted octanol–water partition coefficient (Wildman–Crippen LogP) is 3.40. The Bertz CT molecular complexity index is 1350. The van der Waals surface area contributed by atoms with Crippen LogP contribution in [-0.2, 0) is 6.54 Å². The first-order valence-corrected chi connectivity index (χ1v) is 10.3. The van der Waals surface area contributed by atoms with E-state index in [1.165, 1.54) is 12.1 Å². The SMILES string of the molecule is Fc1cccc(C[n+]2cc(Br)cc(-c3nc4cc(-c5ccccc5)ccc4o3)c2)c1.[Br-]. The molecule has 0 fully saturated rings. The molecule has 0 amide bonds. The molecule has 0 spiro atoms. The van der Waals surface area contributed by atoms with Gasteiger partial charge in [0, 0.05) is 5.56 Å². The Morgan fingerprint density at radius 2 is 1.68 bits per heavy atom. The zero-order valence-electron chi connectivity index (χ0n) is 16.3. The molecule has 0 aliphatic heterocycles. The molecule has 3 aromatic carbocycles. The van der Waals surface area contributed by atoms with Crippen molar-refractivity contribution in [2.24, 2.45) is 0 Å². The minimum Gasteiger partial charge on any atom is -1.00 e. The number of benzene rings is 3. The van der Waals surface area contributed by atoms with Crippen LogP contribution in [0.4, 0.5) is 4.39 Å². The van der Waals surface area contributed by atoms with Crippen LogP contribution in [0.5, 0.6) is 0 Å². The van der Waals surface area contributed by atoms with E-state index < -0.39 is 0 Å². The lowest BCUT2D eigenvalue weighted by Crippen LogP contribution is -3.00. The molecule has 0 radical (unpaired) electrons. The van der Waals surface area contributed by atoms with Gasteiger partial charge in [0.1, 0.15) is 16.9 Å². The molecule has 5 rings (SSSR count). The van der Waals surface area contributed by atoms with Crippen molar-refractivity contribution < 1.29 is 30.4 Å². The van der Waals surface area contributed by atoms with Crippen molar-refractivity contribution in [3.05, 3.63) is 107 Å². The summed E-state index contributed by atoms with van der Waals surface area (Å²) in [5, 5.41) is 0. The van der Waals surface area contributed by atoms with Gasteiger partial charge in [-0.3, -0.25) is 0 Å². The third-order valence-corrected chi connectivity index (χ3v) is 5.32. The maximum Gasteiger partial charge on any atom is 0.233 e. The second kappa shape index (κ2) is 9.12. The number of halogens is 3. The highest BCUT2D eigenvalue weighted by molar-refractivity contribution is 9.10. The van der Waals surface area contributed by atoms with Gasteiger partial charge in [-0.1, -0.05) is 48.5 Å². The standard InChI is InChI=1S/C25H17BrFN2O.BrH/c26-21-12-20(15-29(16-21)14-17-5-4-8-22(27)11-17)25-28-23-13-19(9-10-24(23)30-25)18-6-2-1-3-7-18;/h1-13,15-16H,14H2;1H/q+1;/p-1. The van der Waals surface area contributed by atoms with E-state index in [2.05, 4.69) is 28.1 Å². The van der Waals surface area contributed by atoms with Gasteiger partial charge in [0.05, 0.1) is 4.47 Å². The monoisotopic (exact) mass is 538 g/mol. The number of rotatable bonds is 4. The van der Waals surface area contributed by atoms with Gasteiger partial charge < -0.3 is 21.4 Å². The lowest BCUT2D eigenvalue weighted by molar-refractivity contribution is -0.688. The Kier molecular flexibility index (Phi) is 6.30. The van der Waals surface area contributed by atoms with E-state index in [0.717, 1.165) is 37.8 Å². The van der Waals surface area contributed by atoms with Crippen molar-refractivity contribution in [3.8, 4) is 22.6 Å². The normalized spacial score (nSPS) is 10.8. The molecule has 154 valence electrons. The smallest absolute Gasteiger partial charge is 0.233 e. The van der Waals surface area contributed by atoms with Crippen LogP contribution in [0.3, 0.4) is 0 Å². The van der Waals surface area contributed by atoms with Crippen molar-refractivity contribution >= 4 is 27.0 Å². The molecule has 0 saturated heterocycles. The molecule has 2 aromatic heterocycles. The number of oxazole rings is 1. The molecule has 0 atom stereocenters. The molecule has 3 nitrogen and oxygen atoms in total. The van der Waals surface area contributed by atoms with Crippen molar-refractivity contribution in [1.29, 1.82) is 0 Å². The number of pyridine rings is 1. The van der Waals surface area contributed by atoms with E-state index in [9.17, 15) is 4.39 Å². The number of nitrogens with zero attached hydrogens (tertiary/aromatic N) is 2. The second-order valence-corrected chi connectivity index (χ2v) is 8.03. The summed E-state index contributed by atoms with van der Waals surface area (Å²) >= 11 is 3.56. The number of aromatic nitrogens is 2. The number of hydrogen-bond acceptors (Lipinski definition) is 2. The summed E-state index contributed by atoms with van der Waals surface area (Å²) in [5.74, 6) is 0.306. The maximum atomic E-state index is 13.5. The van der Waals surface area contributed by atoms with Crippen molar-refractivity contribution in [2.45, 2.75) is 6.54 Å². The molecule has 2 heterocycles. The van der Waals surface area contributed by atoms with Gasteiger partial charge in [-0.15, -0.1) is 0 Å². The zero-order valence-corrected chi connectivity index (χ0v) is 19.5. The van der Waals surface area contributed by atoms with E-state index in [-0.39, 0.29) is 22.8 Å². The molecule has 0 saturated carbocycles. The van der Waals surface area contributed by atoms with Crippen molar-refractivity contribution in [3.63, 3.8) is 0 Å². The molecular formula is C25H17Br2FN2O. The van der Waals surface area contributed by atoms with E-state index in [0.29, 0.717) is 12.4 Å². The van der Waals surface area contributed by atoms with Crippen LogP contribution < -0.4 is 21.5 Å². The fraction of sp³-hybridized carbons (Fsp3) is 0.0400. The molecule has 5 aromatic rings. The van der Waals surface area contributed by atoms with Crippen LogP contribution in [0.25, 0.3) is 33.7 Å². The van der Waals surface area contributed by atoms with Gasteiger partial charge in [0.15, 0.2) is 24.5 Å². The summed E-state index contributed by atoms with van der Waals surface area (Å²) in [6.07, 6.45) is 3.91. The summed E-state index contributed by atoms with van der Waals surface area (Å²) in [6.45, 7) is 0.544. The summed E-state index contributed by atoms with van der Waals surface area (Å²) in [6, 6.07) is 24.8.